The van der Waals surface area contributed by atoms with Crippen LogP contribution in [-0.2, 0) is 0 Å². The fourth-order valence-corrected chi connectivity index (χ4v) is 0. The molecule has 0 aromatic carbocycles. The minimum Gasteiger partial charge on any atom is -0.402 e. The van der Waals surface area contributed by atoms with Crippen molar-refractivity contribution < 1.29 is 60.3 Å². The van der Waals surface area contributed by atoms with Gasteiger partial charge in [0.05, 0.1) is 0 Å². The third-order valence-electron chi connectivity index (χ3n) is 0. The molecule has 0 aromatic rings. The monoisotopic (exact) mass is 282 g/mol. The summed E-state index contributed by atoms with van der Waals surface area (Å²) in [6.07, 6.45) is 0. The molecule has 0 aliphatic carbocycles. The molecule has 0 aliphatic heterocycles. The number of hydrogen-bond acceptors (Lipinski definition) is 12. The van der Waals surface area contributed by atoms with Crippen molar-refractivity contribution in [1.29, 1.82) is 0 Å². The maximum absolute atomic E-state index is 7.17. The van der Waals surface area contributed by atoms with E-state index in [4.69, 9.17) is 60.3 Å². The highest BCUT2D eigenvalue weighted by Crippen LogP contribution is 1.41. The van der Waals surface area contributed by atoms with Crippen molar-refractivity contribution in [3.8, 4) is 0 Å². The molecule has 0 heterocycles. The van der Waals surface area contributed by atoms with E-state index in [2.05, 4.69) is 0 Å². The van der Waals surface area contributed by atoms with Crippen LogP contribution < -0.4 is 0 Å². The lowest BCUT2D eigenvalue weighted by atomic mass is 10.3. The highest BCUT2D eigenvalue weighted by Gasteiger charge is 1.93. The Morgan fingerprint density at radius 3 is 0.294 bits per heavy atom. The van der Waals surface area contributed by atoms with Gasteiger partial charge < -0.3 is 60.3 Å². The van der Waals surface area contributed by atoms with Gasteiger partial charge in [0, 0.05) is 0 Å². The smallest absolute Gasteiger partial charge is 0.402 e. The third-order valence-corrected chi connectivity index (χ3v) is 0. The fraction of sp³-hybridized carbons (Fsp3) is 0. The molecule has 0 spiro atoms. The van der Waals surface area contributed by atoms with Crippen molar-refractivity contribution in [1.82, 2.24) is 0 Å². The van der Waals surface area contributed by atoms with E-state index in [9.17, 15) is 0 Å². The van der Waals surface area contributed by atoms with Gasteiger partial charge in [-0.25, -0.2) is 0 Å². The summed E-state index contributed by atoms with van der Waals surface area (Å²) in [6, 6.07) is 0. The summed E-state index contributed by atoms with van der Waals surface area (Å²) in [5.74, 6) is 0. The van der Waals surface area contributed by atoms with Crippen LogP contribution in [0, 0.1) is 0 Å². The Morgan fingerprint density at radius 2 is 0.294 bits per heavy atom. The average molecular weight is 281 g/mol. The molecule has 0 amide bonds. The van der Waals surface area contributed by atoms with Crippen LogP contribution in [0.4, 0.5) is 0 Å². The molecule has 0 aliphatic rings. The van der Waals surface area contributed by atoms with Crippen LogP contribution in [0.1, 0.15) is 0 Å². The topological polar surface area (TPSA) is 243 Å². The molecular weight excluding hydrogens is 266 g/mol. The fourth-order valence-electron chi connectivity index (χ4n) is 0. The third kappa shape index (κ3) is 74400. The maximum Gasteiger partial charge on any atom is 0.631 e. The summed E-state index contributed by atoms with van der Waals surface area (Å²) in [5.41, 5.74) is 0. The lowest BCUT2D eigenvalue weighted by Crippen LogP contribution is -2.07. The van der Waals surface area contributed by atoms with Crippen LogP contribution in [0.25, 0.3) is 0 Å². The molecule has 12 N–H and O–H groups in total. The van der Waals surface area contributed by atoms with Crippen LogP contribution in [0.5, 0.6) is 0 Å². The number of hydrogen-bond donors (Lipinski definition) is 12. The number of rotatable bonds is 0. The molecule has 17 heteroatoms. The van der Waals surface area contributed by atoms with Gasteiger partial charge in [-0.05, 0) is 0 Å². The Balaban J connectivity index is -0.0000000369. The zero-order chi connectivity index (χ0) is 14.3. The minimum absolute atomic E-state index is 0. The van der Waals surface area contributed by atoms with Crippen molar-refractivity contribution in [2.45, 2.75) is 0 Å². The zero-order valence-electron chi connectivity index (χ0n) is 8.38. The highest BCUT2D eigenvalue weighted by atomic mass is 31.0. The Labute approximate surface area is 100 Å². The summed E-state index contributed by atoms with van der Waals surface area (Å²) in [7, 11) is -8.67. The van der Waals surface area contributed by atoms with Crippen molar-refractivity contribution in [3.63, 3.8) is 0 Å². The van der Waals surface area contributed by atoms with Gasteiger partial charge in [0.2, 0.25) is 0 Å². The molecule has 0 fully saturated rings. The molecule has 12 nitrogen and oxygen atoms in total. The molecule has 0 saturated heterocycles. The normalized spacial score (nSPS) is 6.35. The van der Waals surface area contributed by atoms with Gasteiger partial charge >= 0.3 is 29.3 Å². The lowest BCUT2D eigenvalue weighted by Gasteiger charge is -1.69. The Kier molecular flexibility index (Phi) is 44.9. The summed E-state index contributed by atoms with van der Waals surface area (Å²) in [5, 5.41) is 86.0. The van der Waals surface area contributed by atoms with E-state index in [1.165, 1.54) is 0 Å². The van der Waals surface area contributed by atoms with E-state index in [0.29, 0.717) is 0 Å². The van der Waals surface area contributed by atoms with Crippen molar-refractivity contribution in [3.05, 3.63) is 0 Å². The average Bonchev–Trinajstić information content (AvgIpc) is 1.76. The first-order chi connectivity index (χ1) is 6.93. The van der Waals surface area contributed by atoms with E-state index < -0.39 is 29.3 Å². The highest BCUT2D eigenvalue weighted by molar-refractivity contribution is 6.92. The van der Waals surface area contributed by atoms with E-state index in [1.54, 1.807) is 0 Å². The van der Waals surface area contributed by atoms with E-state index in [1.807, 2.05) is 0 Å². The first-order valence-electron chi connectivity index (χ1n) is 3.10. The van der Waals surface area contributed by atoms with Crippen molar-refractivity contribution >= 4 is 39.2 Å². The Bertz CT molecular complexity index is 61.5. The molecule has 0 rings (SSSR count). The molecule has 0 bridgehead atoms. The van der Waals surface area contributed by atoms with Crippen LogP contribution in [-0.4, -0.2) is 89.6 Å². The Morgan fingerprint density at radius 1 is 0.294 bits per heavy atom. The van der Waals surface area contributed by atoms with E-state index in [-0.39, 0.29) is 9.90 Å². The molecule has 0 aromatic heterocycles. The van der Waals surface area contributed by atoms with Crippen LogP contribution in [0.3, 0.4) is 0 Å². The maximum atomic E-state index is 7.17. The van der Waals surface area contributed by atoms with Gasteiger partial charge in [-0.1, -0.05) is 0 Å². The van der Waals surface area contributed by atoms with Gasteiger partial charge in [-0.15, -0.1) is 0 Å². The van der Waals surface area contributed by atoms with E-state index >= 15 is 0 Å². The van der Waals surface area contributed by atoms with Gasteiger partial charge in [0.15, 0.2) is 0 Å². The lowest BCUT2D eigenvalue weighted by molar-refractivity contribution is 0.276. The van der Waals surface area contributed by atoms with Gasteiger partial charge in [-0.2, -0.15) is 9.90 Å². The van der Waals surface area contributed by atoms with Crippen molar-refractivity contribution in [2.75, 3.05) is 0 Å². The van der Waals surface area contributed by atoms with Crippen LogP contribution in [0.15, 0.2) is 0 Å². The van der Waals surface area contributed by atoms with Gasteiger partial charge in [0.25, 0.3) is 0 Å². The second-order valence-electron chi connectivity index (χ2n) is 1.39. The summed E-state index contributed by atoms with van der Waals surface area (Å²) in [4.78, 5) is 0. The molecule has 1 unspecified atom stereocenters. The van der Waals surface area contributed by atoms with Gasteiger partial charge in [0.1, 0.15) is 0 Å². The quantitative estimate of drug-likeness (QED) is 0.146. The molecular formula is H15B4O12P. The van der Waals surface area contributed by atoms with Crippen LogP contribution >= 0.6 is 9.90 Å². The molecule has 0 radical (unpaired) electrons. The summed E-state index contributed by atoms with van der Waals surface area (Å²) in [6.45, 7) is 0. The predicted octanol–water partition coefficient (Wildman–Crippen LogP) is -8.15. The molecule has 104 valence electrons. The summed E-state index contributed by atoms with van der Waals surface area (Å²) >= 11 is 0. The second-order valence-corrected chi connectivity index (χ2v) is 1.39. The molecule has 1 atom stereocenters. The predicted molar refractivity (Wildman–Crippen MR) is 60.7 cm³/mol. The van der Waals surface area contributed by atoms with Crippen molar-refractivity contribution in [2.24, 2.45) is 0 Å². The van der Waals surface area contributed by atoms with Gasteiger partial charge in [-0.3, -0.25) is 0 Å². The Hall–Kier alpha value is 0.210. The molecule has 0 saturated carbocycles. The minimum atomic E-state index is -2.17. The second kappa shape index (κ2) is 25.2. The largest absolute Gasteiger partial charge is 0.631 e. The molecule has 17 heavy (non-hydrogen) atoms. The van der Waals surface area contributed by atoms with Crippen LogP contribution in [0.2, 0.25) is 0 Å². The van der Waals surface area contributed by atoms with E-state index in [0.717, 1.165) is 0 Å². The standard InChI is InChI=1S/4BH3O3.H3P/c4*2-1(3)4;/h4*2-4H;1H3. The summed E-state index contributed by atoms with van der Waals surface area (Å²) < 4.78 is 0. The first kappa shape index (κ1) is 30.3. The zero-order valence-corrected chi connectivity index (χ0v) is 9.80. The SMILES string of the molecule is OB(O)O.OB(O)O.OB(O)O.OB(O)O.P. The first-order valence-corrected chi connectivity index (χ1v) is 3.10.